The van der Waals surface area contributed by atoms with Crippen molar-refractivity contribution in [1.29, 1.82) is 0 Å². The molecule has 0 fully saturated rings. The van der Waals surface area contributed by atoms with Crippen LogP contribution >= 0.6 is 11.6 Å². The van der Waals surface area contributed by atoms with Crippen molar-refractivity contribution in [2.45, 2.75) is 45.1 Å². The Bertz CT molecular complexity index is 599. The van der Waals surface area contributed by atoms with Crippen molar-refractivity contribution in [3.63, 3.8) is 0 Å². The fraction of sp³-hybridized carbons (Fsp3) is 0.556. The van der Waals surface area contributed by atoms with Gasteiger partial charge in [-0.1, -0.05) is 12.1 Å². The van der Waals surface area contributed by atoms with Crippen LogP contribution in [0.5, 0.6) is 5.75 Å². The fourth-order valence-corrected chi connectivity index (χ4v) is 2.34. The highest BCUT2D eigenvalue weighted by atomic mass is 35.5. The Labute approximate surface area is 158 Å². The Morgan fingerprint density at radius 3 is 2.19 bits per heavy atom. The van der Waals surface area contributed by atoms with Crippen molar-refractivity contribution >= 4 is 23.5 Å². The van der Waals surface area contributed by atoms with Gasteiger partial charge >= 0.3 is 5.97 Å². The SMILES string of the molecule is COc1ccc(CN(CCCl)C(=O)[C@H](O)[C@@H](O)C(=O)OC(C)(C)C)cc1. The number of methoxy groups -OCH3 is 1. The Balaban J connectivity index is 2.83. The van der Waals surface area contributed by atoms with Gasteiger partial charge in [-0.25, -0.2) is 4.79 Å². The Morgan fingerprint density at radius 1 is 1.15 bits per heavy atom. The molecule has 2 N–H and O–H groups in total. The molecule has 146 valence electrons. The van der Waals surface area contributed by atoms with E-state index in [0.717, 1.165) is 5.56 Å². The second-order valence-electron chi connectivity index (χ2n) is 6.72. The highest BCUT2D eigenvalue weighted by Gasteiger charge is 2.36. The molecule has 0 saturated carbocycles. The number of aliphatic hydroxyl groups is 2. The largest absolute Gasteiger partial charge is 0.497 e. The van der Waals surface area contributed by atoms with Crippen molar-refractivity contribution in [3.8, 4) is 5.75 Å². The van der Waals surface area contributed by atoms with Crippen molar-refractivity contribution in [1.82, 2.24) is 4.90 Å². The smallest absolute Gasteiger partial charge is 0.338 e. The third-order valence-corrected chi connectivity index (χ3v) is 3.57. The van der Waals surface area contributed by atoms with Crippen LogP contribution in [0, 0.1) is 0 Å². The normalized spacial score (nSPS) is 13.7. The van der Waals surface area contributed by atoms with Gasteiger partial charge in [0.05, 0.1) is 7.11 Å². The molecule has 0 radical (unpaired) electrons. The average molecular weight is 388 g/mol. The molecule has 1 aromatic rings. The molecule has 2 atom stereocenters. The minimum Gasteiger partial charge on any atom is -0.497 e. The molecule has 0 aromatic heterocycles. The number of ether oxygens (including phenoxy) is 2. The summed E-state index contributed by atoms with van der Waals surface area (Å²) in [6, 6.07) is 7.02. The van der Waals surface area contributed by atoms with Crippen LogP contribution in [0.1, 0.15) is 26.3 Å². The van der Waals surface area contributed by atoms with E-state index in [9.17, 15) is 19.8 Å². The lowest BCUT2D eigenvalue weighted by atomic mass is 10.1. The predicted molar refractivity (Wildman–Crippen MR) is 97.0 cm³/mol. The van der Waals surface area contributed by atoms with Crippen LogP contribution in [0.4, 0.5) is 0 Å². The average Bonchev–Trinajstić information content (AvgIpc) is 2.58. The number of halogens is 1. The summed E-state index contributed by atoms with van der Waals surface area (Å²) >= 11 is 5.74. The van der Waals surface area contributed by atoms with Crippen LogP contribution in [0.25, 0.3) is 0 Å². The zero-order valence-corrected chi connectivity index (χ0v) is 16.2. The Kier molecular flexibility index (Phi) is 8.33. The lowest BCUT2D eigenvalue weighted by molar-refractivity contribution is -0.175. The maximum atomic E-state index is 12.5. The molecule has 0 aliphatic rings. The summed E-state index contributed by atoms with van der Waals surface area (Å²) in [5, 5.41) is 20.1. The van der Waals surface area contributed by atoms with Crippen LogP contribution in [-0.4, -0.2) is 64.3 Å². The van der Waals surface area contributed by atoms with Crippen molar-refractivity contribution in [2.24, 2.45) is 0 Å². The second-order valence-corrected chi connectivity index (χ2v) is 7.10. The van der Waals surface area contributed by atoms with Gasteiger partial charge < -0.3 is 24.6 Å². The highest BCUT2D eigenvalue weighted by Crippen LogP contribution is 2.15. The van der Waals surface area contributed by atoms with Gasteiger partial charge in [-0.3, -0.25) is 4.79 Å². The minimum atomic E-state index is -1.98. The summed E-state index contributed by atoms with van der Waals surface area (Å²) in [6.45, 7) is 5.16. The first kappa shape index (κ1) is 22.2. The van der Waals surface area contributed by atoms with E-state index < -0.39 is 29.7 Å². The number of amides is 1. The van der Waals surface area contributed by atoms with Crippen LogP contribution in [-0.2, 0) is 20.9 Å². The zero-order valence-electron chi connectivity index (χ0n) is 15.4. The van der Waals surface area contributed by atoms with E-state index in [4.69, 9.17) is 21.1 Å². The number of nitrogens with zero attached hydrogens (tertiary/aromatic N) is 1. The fourth-order valence-electron chi connectivity index (χ4n) is 2.13. The van der Waals surface area contributed by atoms with Crippen LogP contribution in [0.2, 0.25) is 0 Å². The van der Waals surface area contributed by atoms with Crippen molar-refractivity contribution in [3.05, 3.63) is 29.8 Å². The monoisotopic (exact) mass is 387 g/mol. The molecule has 0 heterocycles. The van der Waals surface area contributed by atoms with Crippen molar-refractivity contribution < 1.29 is 29.3 Å². The number of hydrogen-bond donors (Lipinski definition) is 2. The molecular formula is C18H26ClNO6. The highest BCUT2D eigenvalue weighted by molar-refractivity contribution is 6.18. The number of alkyl halides is 1. The molecule has 0 bridgehead atoms. The molecule has 7 nitrogen and oxygen atoms in total. The third kappa shape index (κ3) is 6.82. The summed E-state index contributed by atoms with van der Waals surface area (Å²) in [5.41, 5.74) is -0.0667. The molecule has 26 heavy (non-hydrogen) atoms. The van der Waals surface area contributed by atoms with Gasteiger partial charge in [0.25, 0.3) is 5.91 Å². The topological polar surface area (TPSA) is 96.3 Å². The first-order valence-corrected chi connectivity index (χ1v) is 8.69. The molecule has 0 spiro atoms. The molecule has 0 unspecified atom stereocenters. The molecule has 0 aliphatic carbocycles. The standard InChI is InChI=1S/C18H26ClNO6/c1-18(2,3)26-17(24)15(22)14(21)16(23)20(10-9-19)11-12-5-7-13(25-4)8-6-12/h5-8,14-15,21-22H,9-11H2,1-4H3/t14-,15-/m1/s1. The molecule has 0 aliphatic heterocycles. The van der Waals surface area contributed by atoms with Crippen LogP contribution < -0.4 is 4.74 Å². The lowest BCUT2D eigenvalue weighted by Crippen LogP contribution is -2.49. The second kappa shape index (κ2) is 9.75. The maximum Gasteiger partial charge on any atom is 0.338 e. The number of carbonyl (C=O) groups excluding carboxylic acids is 2. The van der Waals surface area contributed by atoms with E-state index in [1.807, 2.05) is 0 Å². The van der Waals surface area contributed by atoms with Gasteiger partial charge in [0.1, 0.15) is 11.4 Å². The summed E-state index contributed by atoms with van der Waals surface area (Å²) in [7, 11) is 1.55. The van der Waals surface area contributed by atoms with Crippen LogP contribution in [0.15, 0.2) is 24.3 Å². The van der Waals surface area contributed by atoms with E-state index in [-0.39, 0.29) is 19.0 Å². The summed E-state index contributed by atoms with van der Waals surface area (Å²) in [5.74, 6) is -1.06. The number of benzene rings is 1. The zero-order chi connectivity index (χ0) is 19.9. The lowest BCUT2D eigenvalue weighted by Gasteiger charge is -2.27. The summed E-state index contributed by atoms with van der Waals surface area (Å²) < 4.78 is 10.1. The van der Waals surface area contributed by atoms with Crippen LogP contribution in [0.3, 0.4) is 0 Å². The molecule has 1 amide bonds. The Morgan fingerprint density at radius 2 is 1.73 bits per heavy atom. The summed E-state index contributed by atoms with van der Waals surface area (Å²) in [6.07, 6.45) is -3.92. The first-order chi connectivity index (χ1) is 12.1. The molecular weight excluding hydrogens is 362 g/mol. The molecule has 8 heteroatoms. The number of esters is 1. The van der Waals surface area contributed by atoms with Gasteiger partial charge in [0, 0.05) is 19.0 Å². The van der Waals surface area contributed by atoms with E-state index in [0.29, 0.717) is 5.75 Å². The maximum absolute atomic E-state index is 12.5. The number of rotatable bonds is 8. The Hall–Kier alpha value is -1.83. The quantitative estimate of drug-likeness (QED) is 0.516. The number of aliphatic hydroxyl groups excluding tert-OH is 2. The number of carbonyl (C=O) groups is 2. The van der Waals surface area contributed by atoms with Gasteiger partial charge in [-0.05, 0) is 38.5 Å². The van der Waals surface area contributed by atoms with E-state index >= 15 is 0 Å². The van der Waals surface area contributed by atoms with Gasteiger partial charge in [-0.2, -0.15) is 0 Å². The van der Waals surface area contributed by atoms with E-state index in [1.165, 1.54) is 4.90 Å². The van der Waals surface area contributed by atoms with Gasteiger partial charge in [-0.15, -0.1) is 11.6 Å². The molecule has 1 rings (SSSR count). The predicted octanol–water partition coefficient (Wildman–Crippen LogP) is 1.33. The molecule has 0 saturated heterocycles. The molecule has 1 aromatic carbocycles. The van der Waals surface area contributed by atoms with Crippen molar-refractivity contribution in [2.75, 3.05) is 19.5 Å². The first-order valence-electron chi connectivity index (χ1n) is 8.15. The van der Waals surface area contributed by atoms with E-state index in [2.05, 4.69) is 0 Å². The minimum absolute atomic E-state index is 0.136. The van der Waals surface area contributed by atoms with Gasteiger partial charge in [0.15, 0.2) is 12.2 Å². The number of hydrogen-bond acceptors (Lipinski definition) is 6. The third-order valence-electron chi connectivity index (χ3n) is 3.40. The van der Waals surface area contributed by atoms with Gasteiger partial charge in [0.2, 0.25) is 0 Å². The van der Waals surface area contributed by atoms with E-state index in [1.54, 1.807) is 52.1 Å². The summed E-state index contributed by atoms with van der Waals surface area (Å²) in [4.78, 5) is 25.6.